The Morgan fingerprint density at radius 2 is 0.912 bits per heavy atom. The van der Waals surface area contributed by atoms with Crippen molar-refractivity contribution in [1.82, 2.24) is 0 Å². The minimum absolute atomic E-state index is 0.00130. The number of alkyl halides is 4. The van der Waals surface area contributed by atoms with Crippen LogP contribution in [0.25, 0.3) is 0 Å². The molecule has 2 atom stereocenters. The predicted octanol–water partition coefficient (Wildman–Crippen LogP) is 0.538. The molecule has 2 unspecified atom stereocenters. The van der Waals surface area contributed by atoms with Crippen molar-refractivity contribution in [2.24, 2.45) is 0 Å². The molecule has 0 aliphatic carbocycles. The van der Waals surface area contributed by atoms with Crippen LogP contribution in [0, 0.1) is 0 Å². The Morgan fingerprint density at radius 1 is 0.529 bits per heavy atom. The fraction of sp³-hybridized carbons (Fsp3) is 1.00. The van der Waals surface area contributed by atoms with Crippen LogP contribution < -0.4 is 0 Å². The maximum atomic E-state index is 13.6. The van der Waals surface area contributed by atoms with E-state index in [1.54, 1.807) is 0 Å². The molecule has 0 aromatic rings. The molecule has 0 aliphatic heterocycles. The number of ether oxygens (including phenoxy) is 6. The molecule has 0 bridgehead atoms. The Labute approximate surface area is 196 Å². The Hall–Kier alpha value is -0.680. The molecule has 4 N–H and O–H groups in total. The third kappa shape index (κ3) is 21.8. The second-order valence-corrected chi connectivity index (χ2v) is 7.34. The van der Waals surface area contributed by atoms with Gasteiger partial charge in [0.1, 0.15) is 25.4 Å². The Kier molecular flexibility index (Phi) is 20.1. The van der Waals surface area contributed by atoms with E-state index in [1.165, 1.54) is 0 Å². The van der Waals surface area contributed by atoms with Crippen LogP contribution in [0.2, 0.25) is 0 Å². The average molecular weight is 515 g/mol. The zero-order chi connectivity index (χ0) is 25.7. The lowest BCUT2D eigenvalue weighted by molar-refractivity contribution is -0.394. The van der Waals surface area contributed by atoms with E-state index >= 15 is 0 Å². The van der Waals surface area contributed by atoms with Gasteiger partial charge in [0.15, 0.2) is 0 Å². The smallest absolute Gasteiger partial charge is 0.383 e. The van der Waals surface area contributed by atoms with E-state index in [1.807, 2.05) is 0 Å². The molecule has 0 spiro atoms. The first-order valence-electron chi connectivity index (χ1n) is 11.0. The molecule has 14 heteroatoms. The summed E-state index contributed by atoms with van der Waals surface area (Å²) in [5, 5.41) is 36.3. The van der Waals surface area contributed by atoms with Gasteiger partial charge in [-0.15, -0.1) is 0 Å². The molecule has 0 aromatic heterocycles. The standard InChI is InChI=1S/C20H38F4O10/c21-19(22,15-32-10-9-31-13-17(27)11-29-7-3-1-5-25)34-20(23,24)16-33-14-18(28)12-30-8-4-2-6-26/h17-18,25-28H,1-16H2. The zero-order valence-electron chi connectivity index (χ0n) is 19.2. The lowest BCUT2D eigenvalue weighted by atomic mass is 10.3. The van der Waals surface area contributed by atoms with E-state index in [2.05, 4.69) is 14.2 Å². The van der Waals surface area contributed by atoms with Gasteiger partial charge in [0.05, 0.1) is 39.6 Å². The van der Waals surface area contributed by atoms with Gasteiger partial charge < -0.3 is 44.1 Å². The lowest BCUT2D eigenvalue weighted by Gasteiger charge is -2.24. The summed E-state index contributed by atoms with van der Waals surface area (Å²) in [6, 6.07) is 0. The molecule has 0 heterocycles. The zero-order valence-corrected chi connectivity index (χ0v) is 19.2. The van der Waals surface area contributed by atoms with Gasteiger partial charge in [0.2, 0.25) is 0 Å². The van der Waals surface area contributed by atoms with Crippen molar-refractivity contribution < 1.29 is 66.4 Å². The first-order chi connectivity index (χ1) is 16.1. The second kappa shape index (κ2) is 20.5. The van der Waals surface area contributed by atoms with Gasteiger partial charge in [-0.1, -0.05) is 0 Å². The minimum Gasteiger partial charge on any atom is -0.396 e. The van der Waals surface area contributed by atoms with Crippen molar-refractivity contribution in [1.29, 1.82) is 0 Å². The second-order valence-electron chi connectivity index (χ2n) is 7.34. The fourth-order valence-corrected chi connectivity index (χ4v) is 2.29. The van der Waals surface area contributed by atoms with Crippen LogP contribution in [0.5, 0.6) is 0 Å². The van der Waals surface area contributed by atoms with Crippen molar-refractivity contribution in [3.05, 3.63) is 0 Å². The molecule has 0 saturated heterocycles. The van der Waals surface area contributed by atoms with Gasteiger partial charge in [-0.3, -0.25) is 4.74 Å². The summed E-state index contributed by atoms with van der Waals surface area (Å²) >= 11 is 0. The van der Waals surface area contributed by atoms with Gasteiger partial charge in [0.25, 0.3) is 0 Å². The number of halogens is 4. The Balaban J connectivity index is 3.84. The maximum absolute atomic E-state index is 13.6. The quantitative estimate of drug-likeness (QED) is 0.101. The molecule has 0 radical (unpaired) electrons. The van der Waals surface area contributed by atoms with Gasteiger partial charge in [-0.25, -0.2) is 0 Å². The molecule has 0 rings (SSSR count). The summed E-state index contributed by atoms with van der Waals surface area (Å²) in [7, 11) is 0. The highest BCUT2D eigenvalue weighted by atomic mass is 19.3. The Bertz CT molecular complexity index is 463. The highest BCUT2D eigenvalue weighted by Gasteiger charge is 2.44. The van der Waals surface area contributed by atoms with Gasteiger partial charge in [0, 0.05) is 26.4 Å². The van der Waals surface area contributed by atoms with E-state index in [-0.39, 0.29) is 52.9 Å². The largest absolute Gasteiger partial charge is 0.396 e. The first kappa shape index (κ1) is 33.3. The van der Waals surface area contributed by atoms with Crippen LogP contribution in [-0.2, 0) is 28.4 Å². The summed E-state index contributed by atoms with van der Waals surface area (Å²) < 4.78 is 82.0. The van der Waals surface area contributed by atoms with E-state index in [0.717, 1.165) is 0 Å². The molecular formula is C20H38F4O10. The van der Waals surface area contributed by atoms with Crippen molar-refractivity contribution in [2.45, 2.75) is 50.1 Å². The Morgan fingerprint density at radius 3 is 1.38 bits per heavy atom. The molecular weight excluding hydrogens is 476 g/mol. The molecule has 0 amide bonds. The van der Waals surface area contributed by atoms with Crippen LogP contribution in [-0.4, -0.2) is 124 Å². The third-order valence-electron chi connectivity index (χ3n) is 3.85. The topological polar surface area (TPSA) is 136 Å². The minimum atomic E-state index is -4.33. The molecule has 0 aromatic carbocycles. The monoisotopic (exact) mass is 514 g/mol. The lowest BCUT2D eigenvalue weighted by Crippen LogP contribution is -2.40. The predicted molar refractivity (Wildman–Crippen MR) is 110 cm³/mol. The van der Waals surface area contributed by atoms with Crippen LogP contribution in [0.1, 0.15) is 25.7 Å². The highest BCUT2D eigenvalue weighted by Crippen LogP contribution is 2.27. The first-order valence-corrected chi connectivity index (χ1v) is 11.0. The number of aliphatic hydroxyl groups excluding tert-OH is 4. The van der Waals surface area contributed by atoms with Crippen molar-refractivity contribution >= 4 is 0 Å². The number of unbranched alkanes of at least 4 members (excludes halogenated alkanes) is 2. The molecule has 34 heavy (non-hydrogen) atoms. The third-order valence-corrected chi connectivity index (χ3v) is 3.85. The summed E-state index contributed by atoms with van der Waals surface area (Å²) in [4.78, 5) is 0. The van der Waals surface area contributed by atoms with Crippen molar-refractivity contribution in [3.8, 4) is 0 Å². The normalized spacial score (nSPS) is 14.5. The number of hydrogen-bond acceptors (Lipinski definition) is 10. The average Bonchev–Trinajstić information content (AvgIpc) is 2.75. The summed E-state index contributed by atoms with van der Waals surface area (Å²) in [6.07, 6.45) is -8.49. The molecule has 10 nitrogen and oxygen atoms in total. The number of hydrogen-bond donors (Lipinski definition) is 4. The van der Waals surface area contributed by atoms with E-state index in [0.29, 0.717) is 32.3 Å². The SMILES string of the molecule is OCCCCOCC(O)COCCOCC(F)(F)OC(F)(F)COCC(O)COCCCCO. The van der Waals surface area contributed by atoms with E-state index in [4.69, 9.17) is 24.4 Å². The van der Waals surface area contributed by atoms with E-state index < -0.39 is 44.2 Å². The summed E-state index contributed by atoms with van der Waals surface area (Å²) in [6.45, 7) is -3.69. The summed E-state index contributed by atoms with van der Waals surface area (Å²) in [5.41, 5.74) is 0. The molecule has 0 fully saturated rings. The molecule has 206 valence electrons. The molecule has 0 saturated carbocycles. The van der Waals surface area contributed by atoms with Gasteiger partial charge in [-0.2, -0.15) is 17.6 Å². The van der Waals surface area contributed by atoms with Crippen LogP contribution in [0.15, 0.2) is 0 Å². The fourth-order valence-electron chi connectivity index (χ4n) is 2.29. The van der Waals surface area contributed by atoms with E-state index in [9.17, 15) is 27.8 Å². The van der Waals surface area contributed by atoms with Crippen LogP contribution >= 0.6 is 0 Å². The van der Waals surface area contributed by atoms with Gasteiger partial charge in [-0.05, 0) is 25.7 Å². The van der Waals surface area contributed by atoms with Crippen LogP contribution in [0.4, 0.5) is 17.6 Å². The van der Waals surface area contributed by atoms with Crippen LogP contribution in [0.3, 0.4) is 0 Å². The summed E-state index contributed by atoms with van der Waals surface area (Å²) in [5.74, 6) is 0. The highest BCUT2D eigenvalue weighted by molar-refractivity contribution is 4.60. The molecule has 0 aliphatic rings. The van der Waals surface area contributed by atoms with Crippen molar-refractivity contribution in [3.63, 3.8) is 0 Å². The maximum Gasteiger partial charge on any atom is 0.383 e. The van der Waals surface area contributed by atoms with Gasteiger partial charge >= 0.3 is 12.2 Å². The number of rotatable bonds is 25. The number of aliphatic hydroxyl groups is 4. The van der Waals surface area contributed by atoms with Crippen molar-refractivity contribution in [2.75, 3.05) is 79.3 Å².